The SMILES string of the molecule is CC(C)(C)[Si](C)(C(C)(C)C)C1([Si](C)(C)C)C2C=CC=CC2=C(c2ccccc2)O[Si]1(C)C. The number of fused-ring (bicyclic) bond motifs is 1. The summed E-state index contributed by atoms with van der Waals surface area (Å²) in [6.07, 6.45) is 9.48. The lowest BCUT2D eigenvalue weighted by molar-refractivity contribution is 0.422. The van der Waals surface area contributed by atoms with Gasteiger partial charge in [-0.3, -0.25) is 0 Å². The fraction of sp³-hybridized carbons (Fsp3) is 0.571. The molecule has 1 aliphatic carbocycles. The van der Waals surface area contributed by atoms with E-state index >= 15 is 0 Å². The molecule has 0 spiro atoms. The van der Waals surface area contributed by atoms with Gasteiger partial charge in [-0.15, -0.1) is 0 Å². The Bertz CT molecular complexity index is 935. The first-order chi connectivity index (χ1) is 14.4. The van der Waals surface area contributed by atoms with E-state index in [2.05, 4.69) is 135 Å². The summed E-state index contributed by atoms with van der Waals surface area (Å²) in [4.78, 5) is 0. The second kappa shape index (κ2) is 7.71. The molecule has 1 heterocycles. The molecule has 0 fully saturated rings. The second-order valence-corrected chi connectivity index (χ2v) is 30.5. The van der Waals surface area contributed by atoms with Crippen molar-refractivity contribution in [3.63, 3.8) is 0 Å². The van der Waals surface area contributed by atoms with E-state index in [9.17, 15) is 0 Å². The molecule has 2 atom stereocenters. The molecule has 3 rings (SSSR count). The number of allylic oxidation sites excluding steroid dienone is 5. The van der Waals surface area contributed by atoms with Gasteiger partial charge in [0, 0.05) is 21.3 Å². The van der Waals surface area contributed by atoms with Gasteiger partial charge in [-0.05, 0) is 23.2 Å². The molecule has 0 amide bonds. The van der Waals surface area contributed by atoms with Gasteiger partial charge < -0.3 is 4.43 Å². The maximum Gasteiger partial charge on any atom is 0.247 e. The minimum Gasteiger partial charge on any atom is -0.543 e. The van der Waals surface area contributed by atoms with Crippen LogP contribution in [0.5, 0.6) is 0 Å². The van der Waals surface area contributed by atoms with E-state index in [0.29, 0.717) is 5.92 Å². The molecule has 0 aromatic heterocycles. The second-order valence-electron chi connectivity index (χ2n) is 13.7. The van der Waals surface area contributed by atoms with E-state index < -0.39 is 24.5 Å². The lowest BCUT2D eigenvalue weighted by Gasteiger charge is -2.72. The molecule has 0 radical (unpaired) electrons. The topological polar surface area (TPSA) is 9.23 Å². The Morgan fingerprint density at radius 2 is 1.38 bits per heavy atom. The van der Waals surface area contributed by atoms with Crippen molar-refractivity contribution in [2.24, 2.45) is 5.92 Å². The minimum atomic E-state index is -2.23. The lowest BCUT2D eigenvalue weighted by atomic mass is 9.92. The third-order valence-electron chi connectivity index (χ3n) is 9.07. The molecule has 1 nitrogen and oxygen atoms in total. The zero-order chi connectivity index (χ0) is 24.4. The molecule has 32 heavy (non-hydrogen) atoms. The van der Waals surface area contributed by atoms with Gasteiger partial charge in [0.15, 0.2) is 0 Å². The van der Waals surface area contributed by atoms with Crippen molar-refractivity contribution in [1.82, 2.24) is 0 Å². The Labute approximate surface area is 201 Å². The number of benzene rings is 1. The summed E-state index contributed by atoms with van der Waals surface area (Å²) in [6.45, 7) is 31.0. The first-order valence-corrected chi connectivity index (χ1v) is 21.2. The molecule has 1 aromatic carbocycles. The van der Waals surface area contributed by atoms with Crippen LogP contribution < -0.4 is 0 Å². The number of rotatable bonds is 3. The van der Waals surface area contributed by atoms with Crippen molar-refractivity contribution in [2.75, 3.05) is 0 Å². The Morgan fingerprint density at radius 3 is 1.84 bits per heavy atom. The van der Waals surface area contributed by atoms with E-state index in [1.165, 1.54) is 11.1 Å². The molecule has 1 aliphatic heterocycles. The molecule has 2 unspecified atom stereocenters. The largest absolute Gasteiger partial charge is 0.543 e. The zero-order valence-electron chi connectivity index (χ0n) is 22.7. The van der Waals surface area contributed by atoms with Crippen LogP contribution in [0, 0.1) is 5.92 Å². The molecular formula is C28H46OSi3. The number of hydrogen-bond acceptors (Lipinski definition) is 1. The molecule has 0 saturated heterocycles. The third kappa shape index (κ3) is 3.35. The summed E-state index contributed by atoms with van der Waals surface area (Å²) in [7, 11) is -6.02. The smallest absolute Gasteiger partial charge is 0.247 e. The van der Waals surface area contributed by atoms with Gasteiger partial charge >= 0.3 is 0 Å². The van der Waals surface area contributed by atoms with Crippen molar-refractivity contribution in [2.45, 2.75) is 95.2 Å². The average Bonchev–Trinajstić information content (AvgIpc) is 2.64. The monoisotopic (exact) mass is 482 g/mol. The first kappa shape index (κ1) is 25.5. The molecule has 2 aliphatic rings. The van der Waals surface area contributed by atoms with Crippen LogP contribution in [0.1, 0.15) is 47.1 Å². The van der Waals surface area contributed by atoms with Crippen molar-refractivity contribution in [3.8, 4) is 0 Å². The Balaban J connectivity index is 2.52. The van der Waals surface area contributed by atoms with Crippen molar-refractivity contribution in [1.29, 1.82) is 0 Å². The van der Waals surface area contributed by atoms with Crippen LogP contribution in [0.25, 0.3) is 5.76 Å². The highest BCUT2D eigenvalue weighted by Gasteiger charge is 2.76. The molecule has 176 valence electrons. The normalized spacial score (nSPS) is 26.1. The number of hydrogen-bond donors (Lipinski definition) is 0. The third-order valence-corrected chi connectivity index (χ3v) is 33.7. The maximum absolute atomic E-state index is 7.41. The molecule has 0 N–H and O–H groups in total. The summed E-state index contributed by atoms with van der Waals surface area (Å²) < 4.78 is 7.65. The molecular weight excluding hydrogens is 437 g/mol. The molecule has 0 saturated carbocycles. The maximum atomic E-state index is 7.41. The van der Waals surface area contributed by atoms with E-state index in [0.717, 1.165) is 5.76 Å². The van der Waals surface area contributed by atoms with Crippen LogP contribution in [0.15, 0.2) is 60.2 Å². The van der Waals surface area contributed by atoms with Crippen LogP contribution in [0.3, 0.4) is 0 Å². The van der Waals surface area contributed by atoms with E-state index in [-0.39, 0.29) is 14.4 Å². The van der Waals surface area contributed by atoms with E-state index in [4.69, 9.17) is 4.43 Å². The molecule has 1 aromatic rings. The van der Waals surface area contributed by atoms with Crippen molar-refractivity contribution in [3.05, 3.63) is 65.8 Å². The fourth-order valence-electron chi connectivity index (χ4n) is 8.06. The first-order valence-electron chi connectivity index (χ1n) is 12.3. The van der Waals surface area contributed by atoms with Gasteiger partial charge in [-0.2, -0.15) is 0 Å². The quantitative estimate of drug-likeness (QED) is 0.390. The summed E-state index contributed by atoms with van der Waals surface area (Å²) >= 11 is 0. The Morgan fingerprint density at radius 1 is 0.844 bits per heavy atom. The van der Waals surface area contributed by atoms with Gasteiger partial charge in [0.1, 0.15) is 5.76 Å². The highest BCUT2D eigenvalue weighted by molar-refractivity contribution is 7.16. The summed E-state index contributed by atoms with van der Waals surface area (Å²) in [5.41, 5.74) is 2.65. The minimum absolute atomic E-state index is 0.234. The summed E-state index contributed by atoms with van der Waals surface area (Å²) in [6, 6.07) is 10.8. The van der Waals surface area contributed by atoms with Crippen molar-refractivity contribution < 1.29 is 4.43 Å². The average molecular weight is 483 g/mol. The molecule has 4 heteroatoms. The van der Waals surface area contributed by atoms with Gasteiger partial charge in [0.2, 0.25) is 8.32 Å². The van der Waals surface area contributed by atoms with Gasteiger partial charge in [0.25, 0.3) is 0 Å². The van der Waals surface area contributed by atoms with Gasteiger partial charge in [-0.1, -0.05) is 122 Å². The predicted octanol–water partition coefficient (Wildman–Crippen LogP) is 9.21. The van der Waals surface area contributed by atoms with Gasteiger partial charge in [0.05, 0.1) is 16.1 Å². The van der Waals surface area contributed by atoms with Crippen LogP contribution in [-0.2, 0) is 4.43 Å². The van der Waals surface area contributed by atoms with Crippen LogP contribution in [0.2, 0.25) is 53.6 Å². The van der Waals surface area contributed by atoms with E-state index in [1.54, 1.807) is 0 Å². The van der Waals surface area contributed by atoms with Gasteiger partial charge in [-0.25, -0.2) is 0 Å². The fourth-order valence-corrected chi connectivity index (χ4v) is 39.5. The van der Waals surface area contributed by atoms with Crippen LogP contribution in [0.4, 0.5) is 0 Å². The van der Waals surface area contributed by atoms with Crippen molar-refractivity contribution >= 4 is 30.2 Å². The molecule has 0 bridgehead atoms. The van der Waals surface area contributed by atoms with E-state index in [1.807, 2.05) is 0 Å². The Kier molecular flexibility index (Phi) is 6.15. The standard InChI is InChI=1S/C28H46OSi3/c1-26(2,3)32(12,27(4,5)6)28(30(7,8)9)24-21-17-16-20-23(24)25(29-31(28,10)11)22-18-14-13-15-19-22/h13-21,24H,1-12H3. The Hall–Kier alpha value is -1.11. The lowest BCUT2D eigenvalue weighted by Crippen LogP contribution is -2.78. The summed E-state index contributed by atoms with van der Waals surface area (Å²) in [5.74, 6) is 1.57. The predicted molar refractivity (Wildman–Crippen MR) is 151 cm³/mol. The zero-order valence-corrected chi connectivity index (χ0v) is 25.7. The highest BCUT2D eigenvalue weighted by Crippen LogP contribution is 2.74. The van der Waals surface area contributed by atoms with Crippen LogP contribution >= 0.6 is 0 Å². The summed E-state index contributed by atoms with van der Waals surface area (Å²) in [5, 5.41) is 0.507. The van der Waals surface area contributed by atoms with Crippen LogP contribution in [-0.4, -0.2) is 24.5 Å². The highest BCUT2D eigenvalue weighted by atomic mass is 28.5.